The minimum absolute atomic E-state index is 0.688. The van der Waals surface area contributed by atoms with E-state index in [-0.39, 0.29) is 0 Å². The van der Waals surface area contributed by atoms with Crippen LogP contribution in [-0.2, 0) is 0 Å². The van der Waals surface area contributed by atoms with Gasteiger partial charge in [0.1, 0.15) is 5.82 Å². The number of anilines is 1. The van der Waals surface area contributed by atoms with E-state index in [4.69, 9.17) is 0 Å². The second kappa shape index (κ2) is 7.31. The molecule has 3 aromatic rings. The van der Waals surface area contributed by atoms with Crippen LogP contribution in [-0.4, -0.2) is 21.5 Å². The highest BCUT2D eigenvalue weighted by Crippen LogP contribution is 2.16. The number of aryl methyl sites for hydroxylation is 1. The van der Waals surface area contributed by atoms with Crippen LogP contribution < -0.4 is 5.32 Å². The number of benzene rings is 1. The Morgan fingerprint density at radius 2 is 1.91 bits per heavy atom. The van der Waals surface area contributed by atoms with Gasteiger partial charge in [-0.1, -0.05) is 42.5 Å². The SMILES string of the molecule is Cc1cc(NC/C=C/c2ccccc2)nc(-c2cccnc2)n1. The average Bonchev–Trinajstić information content (AvgIpc) is 2.60. The number of aromatic nitrogens is 3. The quantitative estimate of drug-likeness (QED) is 0.774. The van der Waals surface area contributed by atoms with Crippen LogP contribution in [0.2, 0.25) is 0 Å². The van der Waals surface area contributed by atoms with Gasteiger partial charge in [-0.25, -0.2) is 9.97 Å². The summed E-state index contributed by atoms with van der Waals surface area (Å²) in [7, 11) is 0. The molecule has 114 valence electrons. The first-order valence-corrected chi connectivity index (χ1v) is 7.53. The topological polar surface area (TPSA) is 50.7 Å². The smallest absolute Gasteiger partial charge is 0.163 e. The molecule has 0 fully saturated rings. The first-order chi connectivity index (χ1) is 11.3. The molecule has 0 spiro atoms. The normalized spacial score (nSPS) is 10.8. The van der Waals surface area contributed by atoms with Crippen molar-refractivity contribution < 1.29 is 0 Å². The molecule has 0 atom stereocenters. The van der Waals surface area contributed by atoms with Gasteiger partial charge in [0.15, 0.2) is 5.82 Å². The summed E-state index contributed by atoms with van der Waals surface area (Å²) in [5, 5.41) is 3.31. The van der Waals surface area contributed by atoms with Gasteiger partial charge in [-0.05, 0) is 24.6 Å². The standard InChI is InChI=1S/C19H18N4/c1-15-13-18(21-12-5-9-16-7-3-2-4-8-16)23-19(22-15)17-10-6-11-20-14-17/h2-11,13-14H,12H2,1H3,(H,21,22,23)/b9-5+. The molecule has 2 heterocycles. The maximum atomic E-state index is 4.55. The van der Waals surface area contributed by atoms with Crippen LogP contribution in [0.15, 0.2) is 67.0 Å². The maximum absolute atomic E-state index is 4.55. The van der Waals surface area contributed by atoms with Crippen LogP contribution in [0.25, 0.3) is 17.5 Å². The molecule has 2 aromatic heterocycles. The van der Waals surface area contributed by atoms with Gasteiger partial charge in [0, 0.05) is 36.3 Å². The molecule has 3 rings (SSSR count). The lowest BCUT2D eigenvalue weighted by Crippen LogP contribution is -2.03. The van der Waals surface area contributed by atoms with E-state index in [1.165, 1.54) is 5.56 Å². The lowest BCUT2D eigenvalue weighted by atomic mass is 10.2. The fraction of sp³-hybridized carbons (Fsp3) is 0.105. The molecule has 23 heavy (non-hydrogen) atoms. The van der Waals surface area contributed by atoms with Gasteiger partial charge < -0.3 is 5.32 Å². The molecule has 0 aliphatic carbocycles. The van der Waals surface area contributed by atoms with Crippen LogP contribution in [0.3, 0.4) is 0 Å². The zero-order valence-electron chi connectivity index (χ0n) is 13.0. The highest BCUT2D eigenvalue weighted by Gasteiger charge is 2.04. The Bertz CT molecular complexity index is 783. The monoisotopic (exact) mass is 302 g/mol. The molecule has 0 amide bonds. The van der Waals surface area contributed by atoms with E-state index in [1.807, 2.05) is 43.3 Å². The Morgan fingerprint density at radius 3 is 2.70 bits per heavy atom. The van der Waals surface area contributed by atoms with Gasteiger partial charge in [-0.3, -0.25) is 4.98 Å². The number of rotatable bonds is 5. The molecule has 1 N–H and O–H groups in total. The van der Waals surface area contributed by atoms with Crippen molar-refractivity contribution in [3.05, 3.63) is 78.3 Å². The van der Waals surface area contributed by atoms with Gasteiger partial charge in [0.25, 0.3) is 0 Å². The lowest BCUT2D eigenvalue weighted by molar-refractivity contribution is 1.09. The molecule has 0 unspecified atom stereocenters. The van der Waals surface area contributed by atoms with Crippen molar-refractivity contribution in [3.63, 3.8) is 0 Å². The third kappa shape index (κ3) is 4.23. The van der Waals surface area contributed by atoms with Crippen LogP contribution in [0, 0.1) is 6.92 Å². The number of hydrogen-bond donors (Lipinski definition) is 1. The largest absolute Gasteiger partial charge is 0.366 e. The van der Waals surface area contributed by atoms with Gasteiger partial charge in [-0.15, -0.1) is 0 Å². The predicted molar refractivity (Wildman–Crippen MR) is 94.0 cm³/mol. The summed E-state index contributed by atoms with van der Waals surface area (Å²) in [5.74, 6) is 1.50. The van der Waals surface area contributed by atoms with E-state index in [1.54, 1.807) is 12.4 Å². The van der Waals surface area contributed by atoms with Gasteiger partial charge >= 0.3 is 0 Å². The Balaban J connectivity index is 1.69. The Kier molecular flexibility index (Phi) is 4.74. The highest BCUT2D eigenvalue weighted by molar-refractivity contribution is 5.56. The molecule has 0 radical (unpaired) electrons. The summed E-state index contributed by atoms with van der Waals surface area (Å²) < 4.78 is 0. The fourth-order valence-electron chi connectivity index (χ4n) is 2.21. The van der Waals surface area contributed by atoms with E-state index >= 15 is 0 Å². The van der Waals surface area contributed by atoms with Crippen LogP contribution in [0.4, 0.5) is 5.82 Å². The zero-order valence-corrected chi connectivity index (χ0v) is 13.0. The Labute approximate surface area is 136 Å². The van der Waals surface area contributed by atoms with Crippen LogP contribution >= 0.6 is 0 Å². The molecular weight excluding hydrogens is 284 g/mol. The van der Waals surface area contributed by atoms with E-state index in [0.29, 0.717) is 12.4 Å². The number of nitrogens with one attached hydrogen (secondary N) is 1. The highest BCUT2D eigenvalue weighted by atomic mass is 15.0. The molecule has 4 nitrogen and oxygen atoms in total. The first-order valence-electron chi connectivity index (χ1n) is 7.53. The minimum atomic E-state index is 0.688. The van der Waals surface area contributed by atoms with Crippen LogP contribution in [0.1, 0.15) is 11.3 Å². The van der Waals surface area contributed by atoms with Crippen LogP contribution in [0.5, 0.6) is 0 Å². The molecule has 0 aliphatic rings. The maximum Gasteiger partial charge on any atom is 0.163 e. The number of pyridine rings is 1. The summed E-state index contributed by atoms with van der Waals surface area (Å²) in [4.78, 5) is 13.1. The summed E-state index contributed by atoms with van der Waals surface area (Å²) in [6.07, 6.45) is 7.68. The fourth-order valence-corrected chi connectivity index (χ4v) is 2.21. The molecular formula is C19H18N4. The van der Waals surface area contributed by atoms with Gasteiger partial charge in [0.2, 0.25) is 0 Å². The van der Waals surface area contributed by atoms with Crippen molar-refractivity contribution in [2.24, 2.45) is 0 Å². The Hall–Kier alpha value is -3.01. The van der Waals surface area contributed by atoms with Gasteiger partial charge in [0.05, 0.1) is 0 Å². The van der Waals surface area contributed by atoms with E-state index < -0.39 is 0 Å². The van der Waals surface area contributed by atoms with Crippen molar-refractivity contribution in [3.8, 4) is 11.4 Å². The lowest BCUT2D eigenvalue weighted by Gasteiger charge is -2.07. The summed E-state index contributed by atoms with van der Waals surface area (Å²) in [5.41, 5.74) is 3.02. The summed E-state index contributed by atoms with van der Waals surface area (Å²) >= 11 is 0. The first kappa shape index (κ1) is 14.9. The molecule has 0 bridgehead atoms. The van der Waals surface area contributed by atoms with Crippen molar-refractivity contribution in [1.82, 2.24) is 15.0 Å². The van der Waals surface area contributed by atoms with Crippen molar-refractivity contribution in [2.45, 2.75) is 6.92 Å². The molecule has 0 saturated carbocycles. The Morgan fingerprint density at radius 1 is 1.04 bits per heavy atom. The van der Waals surface area contributed by atoms with Crippen molar-refractivity contribution in [1.29, 1.82) is 0 Å². The zero-order chi connectivity index (χ0) is 15.9. The second-order valence-corrected chi connectivity index (χ2v) is 5.15. The minimum Gasteiger partial charge on any atom is -0.366 e. The van der Waals surface area contributed by atoms with Crippen molar-refractivity contribution in [2.75, 3.05) is 11.9 Å². The third-order valence-corrected chi connectivity index (χ3v) is 3.28. The molecule has 4 heteroatoms. The average molecular weight is 302 g/mol. The van der Waals surface area contributed by atoms with E-state index in [2.05, 4.69) is 44.6 Å². The van der Waals surface area contributed by atoms with Crippen molar-refractivity contribution >= 4 is 11.9 Å². The molecule has 0 saturated heterocycles. The molecule has 0 aliphatic heterocycles. The second-order valence-electron chi connectivity index (χ2n) is 5.15. The number of nitrogens with zero attached hydrogens (tertiary/aromatic N) is 3. The summed E-state index contributed by atoms with van der Waals surface area (Å²) in [6, 6.07) is 16.0. The third-order valence-electron chi connectivity index (χ3n) is 3.28. The predicted octanol–water partition coefficient (Wildman–Crippen LogP) is 3.97. The molecule has 1 aromatic carbocycles. The van der Waals surface area contributed by atoms with Gasteiger partial charge in [-0.2, -0.15) is 0 Å². The summed E-state index contributed by atoms with van der Waals surface area (Å²) in [6.45, 7) is 2.67. The van der Waals surface area contributed by atoms with E-state index in [9.17, 15) is 0 Å². The number of hydrogen-bond acceptors (Lipinski definition) is 4. The van der Waals surface area contributed by atoms with E-state index in [0.717, 1.165) is 17.1 Å².